The summed E-state index contributed by atoms with van der Waals surface area (Å²) in [5.74, 6) is 0.346. The Hall–Kier alpha value is -2.02. The van der Waals surface area contributed by atoms with Gasteiger partial charge in [-0.1, -0.05) is 0 Å². The van der Waals surface area contributed by atoms with Crippen LogP contribution in [0.3, 0.4) is 0 Å². The van der Waals surface area contributed by atoms with Crippen molar-refractivity contribution in [2.24, 2.45) is 5.41 Å². The van der Waals surface area contributed by atoms with Gasteiger partial charge in [0.2, 0.25) is 0 Å². The van der Waals surface area contributed by atoms with Gasteiger partial charge >= 0.3 is 0 Å². The highest BCUT2D eigenvalue weighted by Gasteiger charge is 2.32. The first kappa shape index (κ1) is 13.0. The number of ketones is 1. The molecule has 1 aromatic rings. The highest BCUT2D eigenvalue weighted by atomic mass is 16.5. The maximum atomic E-state index is 11.9. The van der Waals surface area contributed by atoms with Crippen LogP contribution in [-0.2, 0) is 4.79 Å². The number of Topliss-reactive ketones (excluding diaryl/α,β-unsaturated/α-hetero) is 1. The number of benzene rings is 1. The van der Waals surface area contributed by atoms with Crippen molar-refractivity contribution in [2.45, 2.75) is 26.9 Å². The molecule has 0 bridgehead atoms. The molecule has 1 aromatic carbocycles. The van der Waals surface area contributed by atoms with Crippen LogP contribution in [0, 0.1) is 16.7 Å². The summed E-state index contributed by atoms with van der Waals surface area (Å²) in [5, 5.41) is 18.0. The average Bonchev–Trinajstić information content (AvgIpc) is 2.31. The quantitative estimate of drug-likeness (QED) is 0.866. The molecular weight excluding hydrogens is 218 g/mol. The molecule has 0 aromatic heterocycles. The van der Waals surface area contributed by atoms with Crippen LogP contribution in [0.5, 0.6) is 11.5 Å². The zero-order valence-corrected chi connectivity index (χ0v) is 10.1. The van der Waals surface area contributed by atoms with Gasteiger partial charge in [0.25, 0.3) is 0 Å². The van der Waals surface area contributed by atoms with Crippen LogP contribution in [0.15, 0.2) is 24.3 Å². The Bertz CT molecular complexity index is 443. The Morgan fingerprint density at radius 1 is 1.41 bits per heavy atom. The van der Waals surface area contributed by atoms with Gasteiger partial charge in [-0.15, -0.1) is 0 Å². The number of nitrogens with zero attached hydrogens (tertiary/aromatic N) is 1. The van der Waals surface area contributed by atoms with E-state index in [0.29, 0.717) is 5.75 Å². The van der Waals surface area contributed by atoms with Crippen molar-refractivity contribution >= 4 is 5.78 Å². The lowest BCUT2D eigenvalue weighted by molar-refractivity contribution is -0.130. The van der Waals surface area contributed by atoms with Crippen molar-refractivity contribution < 1.29 is 14.6 Å². The number of carbonyl (C=O) groups excluding carboxylic acids is 1. The van der Waals surface area contributed by atoms with Gasteiger partial charge in [-0.2, -0.15) is 5.26 Å². The lowest BCUT2D eigenvalue weighted by Gasteiger charge is -2.20. The van der Waals surface area contributed by atoms with Crippen molar-refractivity contribution in [2.75, 3.05) is 0 Å². The van der Waals surface area contributed by atoms with Crippen LogP contribution < -0.4 is 4.74 Å². The predicted molar refractivity (Wildman–Crippen MR) is 62.6 cm³/mol. The van der Waals surface area contributed by atoms with Crippen molar-refractivity contribution in [1.29, 1.82) is 5.26 Å². The monoisotopic (exact) mass is 233 g/mol. The molecule has 90 valence electrons. The van der Waals surface area contributed by atoms with Crippen LogP contribution in [0.2, 0.25) is 0 Å². The van der Waals surface area contributed by atoms with Gasteiger partial charge in [-0.25, -0.2) is 0 Å². The van der Waals surface area contributed by atoms with Crippen LogP contribution >= 0.6 is 0 Å². The smallest absolute Gasteiger partial charge is 0.192 e. The molecular formula is C13H15NO3. The third kappa shape index (κ3) is 3.22. The van der Waals surface area contributed by atoms with E-state index >= 15 is 0 Å². The molecule has 17 heavy (non-hydrogen) atoms. The van der Waals surface area contributed by atoms with Gasteiger partial charge in [0.15, 0.2) is 11.9 Å². The number of rotatable bonds is 4. The second-order valence-corrected chi connectivity index (χ2v) is 4.36. The molecule has 4 heteroatoms. The third-order valence-corrected chi connectivity index (χ3v) is 2.41. The molecule has 0 aliphatic heterocycles. The molecule has 1 N–H and O–H groups in total. The fraction of sp³-hybridized carbons (Fsp3) is 0.385. The second-order valence-electron chi connectivity index (χ2n) is 4.36. The van der Waals surface area contributed by atoms with E-state index in [2.05, 4.69) is 0 Å². The van der Waals surface area contributed by atoms with Gasteiger partial charge in [0.05, 0.1) is 6.07 Å². The molecule has 0 fully saturated rings. The minimum absolute atomic E-state index is 0.133. The van der Waals surface area contributed by atoms with E-state index in [1.165, 1.54) is 12.1 Å². The summed E-state index contributed by atoms with van der Waals surface area (Å²) in [6.45, 7) is 4.73. The van der Waals surface area contributed by atoms with Crippen molar-refractivity contribution in [3.63, 3.8) is 0 Å². The molecule has 0 amide bonds. The van der Waals surface area contributed by atoms with Gasteiger partial charge in [0.1, 0.15) is 16.9 Å². The molecule has 1 rings (SSSR count). The number of aromatic hydroxyl groups is 1. The number of nitriles is 1. The third-order valence-electron chi connectivity index (χ3n) is 2.41. The fourth-order valence-corrected chi connectivity index (χ4v) is 1.35. The van der Waals surface area contributed by atoms with Gasteiger partial charge < -0.3 is 9.84 Å². The number of hydrogen-bond donors (Lipinski definition) is 1. The van der Waals surface area contributed by atoms with Crippen LogP contribution in [0.1, 0.15) is 20.8 Å². The number of phenolic OH excluding ortho intramolecular Hbond substituents is 1. The summed E-state index contributed by atoms with van der Waals surface area (Å²) < 4.78 is 5.41. The Labute approximate surface area is 100 Å². The molecule has 0 aliphatic rings. The summed E-state index contributed by atoms with van der Waals surface area (Å²) in [6, 6.07) is 8.03. The first-order valence-corrected chi connectivity index (χ1v) is 5.28. The number of carbonyl (C=O) groups is 1. The lowest BCUT2D eigenvalue weighted by Crippen LogP contribution is -2.35. The fourth-order valence-electron chi connectivity index (χ4n) is 1.35. The molecule has 0 heterocycles. The predicted octanol–water partition coefficient (Wildman–Crippen LogP) is 2.28. The number of hydrogen-bond acceptors (Lipinski definition) is 4. The summed E-state index contributed by atoms with van der Waals surface area (Å²) in [5.41, 5.74) is -1.06. The summed E-state index contributed by atoms with van der Waals surface area (Å²) in [6.07, 6.45) is -0.700. The molecule has 0 aliphatic carbocycles. The Kier molecular flexibility index (Phi) is 3.74. The van der Waals surface area contributed by atoms with Gasteiger partial charge in [-0.3, -0.25) is 4.79 Å². The standard InChI is InChI=1S/C13H15NO3/c1-9(12(16)13(2,3)8-14)17-11-6-4-10(15)5-7-11/h4-7,9,15H,1-3H3. The average molecular weight is 233 g/mol. The highest BCUT2D eigenvalue weighted by molar-refractivity contribution is 5.90. The second kappa shape index (κ2) is 4.88. The van der Waals surface area contributed by atoms with Gasteiger partial charge in [0, 0.05) is 0 Å². The minimum atomic E-state index is -1.06. The van der Waals surface area contributed by atoms with E-state index in [1.807, 2.05) is 6.07 Å². The largest absolute Gasteiger partial charge is 0.508 e. The first-order valence-electron chi connectivity index (χ1n) is 5.28. The van der Waals surface area contributed by atoms with E-state index in [0.717, 1.165) is 0 Å². The number of phenols is 1. The normalized spacial score (nSPS) is 12.6. The molecule has 0 radical (unpaired) electrons. The van der Waals surface area contributed by atoms with E-state index in [9.17, 15) is 4.79 Å². The maximum Gasteiger partial charge on any atom is 0.192 e. The van der Waals surface area contributed by atoms with Crippen LogP contribution in [0.4, 0.5) is 0 Å². The van der Waals surface area contributed by atoms with Crippen molar-refractivity contribution in [3.8, 4) is 17.6 Å². The van der Waals surface area contributed by atoms with E-state index in [1.54, 1.807) is 32.9 Å². The summed E-state index contributed by atoms with van der Waals surface area (Å²) in [4.78, 5) is 11.9. The van der Waals surface area contributed by atoms with E-state index in [-0.39, 0.29) is 11.5 Å². The zero-order chi connectivity index (χ0) is 13.1. The van der Waals surface area contributed by atoms with Crippen molar-refractivity contribution in [1.82, 2.24) is 0 Å². The SMILES string of the molecule is CC(Oc1ccc(O)cc1)C(=O)C(C)(C)C#N. The molecule has 0 saturated carbocycles. The lowest BCUT2D eigenvalue weighted by atomic mass is 9.87. The molecule has 0 saturated heterocycles. The maximum absolute atomic E-state index is 11.9. The zero-order valence-electron chi connectivity index (χ0n) is 10.1. The van der Waals surface area contributed by atoms with E-state index in [4.69, 9.17) is 15.1 Å². The minimum Gasteiger partial charge on any atom is -0.508 e. The molecule has 1 atom stereocenters. The molecule has 1 unspecified atom stereocenters. The molecule has 0 spiro atoms. The first-order chi connectivity index (χ1) is 7.86. The summed E-state index contributed by atoms with van der Waals surface area (Å²) in [7, 11) is 0. The molecule has 4 nitrogen and oxygen atoms in total. The van der Waals surface area contributed by atoms with Crippen molar-refractivity contribution in [3.05, 3.63) is 24.3 Å². The summed E-state index contributed by atoms with van der Waals surface area (Å²) >= 11 is 0. The highest BCUT2D eigenvalue weighted by Crippen LogP contribution is 2.22. The topological polar surface area (TPSA) is 70.3 Å². The Morgan fingerprint density at radius 2 is 1.94 bits per heavy atom. The van der Waals surface area contributed by atoms with Crippen LogP contribution in [-0.4, -0.2) is 17.0 Å². The Morgan fingerprint density at radius 3 is 2.41 bits per heavy atom. The van der Waals surface area contributed by atoms with Crippen LogP contribution in [0.25, 0.3) is 0 Å². The van der Waals surface area contributed by atoms with Gasteiger partial charge in [-0.05, 0) is 45.0 Å². The Balaban J connectivity index is 2.74. The van der Waals surface area contributed by atoms with E-state index < -0.39 is 11.5 Å². The number of ether oxygens (including phenoxy) is 1.